The Kier molecular flexibility index (Phi) is 4.08. The number of hydrogen-bond donors (Lipinski definition) is 1. The molecule has 0 fully saturated rings. The van der Waals surface area contributed by atoms with Crippen molar-refractivity contribution in [2.24, 2.45) is 11.7 Å². The second kappa shape index (κ2) is 4.89. The molecule has 0 aliphatic heterocycles. The molecule has 80 valence electrons. The lowest BCUT2D eigenvalue weighted by molar-refractivity contribution is 0.319. The van der Waals surface area contributed by atoms with E-state index in [2.05, 4.69) is 25.8 Å². The van der Waals surface area contributed by atoms with Crippen LogP contribution in [0.15, 0.2) is 11.6 Å². The van der Waals surface area contributed by atoms with Gasteiger partial charge in [-0.1, -0.05) is 27.2 Å². The van der Waals surface area contributed by atoms with Crippen LogP contribution in [-0.4, -0.2) is 4.98 Å². The standard InChI is InChI=1S/C11H20N2S/c1-4-9(3)8-11(12,5-2)10-13-6-7-14-10/h6-7,9H,4-5,8,12H2,1-3H3. The van der Waals surface area contributed by atoms with E-state index in [0.29, 0.717) is 5.92 Å². The fraction of sp³-hybridized carbons (Fsp3) is 0.727. The van der Waals surface area contributed by atoms with Crippen molar-refractivity contribution in [3.63, 3.8) is 0 Å². The Labute approximate surface area is 90.6 Å². The Morgan fingerprint density at radius 3 is 2.71 bits per heavy atom. The van der Waals surface area contributed by atoms with E-state index in [1.54, 1.807) is 11.3 Å². The van der Waals surface area contributed by atoms with Crippen molar-refractivity contribution in [3.05, 3.63) is 16.6 Å². The molecule has 2 N–H and O–H groups in total. The zero-order chi connectivity index (χ0) is 10.6. The van der Waals surface area contributed by atoms with E-state index in [4.69, 9.17) is 5.73 Å². The Hall–Kier alpha value is -0.410. The van der Waals surface area contributed by atoms with Crippen molar-refractivity contribution in [1.29, 1.82) is 0 Å². The summed E-state index contributed by atoms with van der Waals surface area (Å²) >= 11 is 1.67. The third-order valence-electron chi connectivity index (χ3n) is 2.90. The summed E-state index contributed by atoms with van der Waals surface area (Å²) in [7, 11) is 0. The Morgan fingerprint density at radius 2 is 2.29 bits per heavy atom. The number of rotatable bonds is 5. The summed E-state index contributed by atoms with van der Waals surface area (Å²) in [6, 6.07) is 0. The van der Waals surface area contributed by atoms with Crippen LogP contribution in [0.3, 0.4) is 0 Å². The quantitative estimate of drug-likeness (QED) is 0.814. The SMILES string of the molecule is CCC(C)CC(N)(CC)c1nccs1. The van der Waals surface area contributed by atoms with E-state index in [9.17, 15) is 0 Å². The number of aromatic nitrogens is 1. The molecule has 1 aromatic heterocycles. The Bertz CT molecular complexity index is 258. The van der Waals surface area contributed by atoms with Crippen LogP contribution >= 0.6 is 11.3 Å². The molecule has 0 aliphatic carbocycles. The summed E-state index contributed by atoms with van der Waals surface area (Å²) in [4.78, 5) is 4.34. The van der Waals surface area contributed by atoms with Gasteiger partial charge >= 0.3 is 0 Å². The highest BCUT2D eigenvalue weighted by Crippen LogP contribution is 2.31. The molecule has 1 rings (SSSR count). The zero-order valence-electron chi connectivity index (χ0n) is 9.29. The lowest BCUT2D eigenvalue weighted by Gasteiger charge is -2.28. The summed E-state index contributed by atoms with van der Waals surface area (Å²) in [6.45, 7) is 6.61. The number of thiazole rings is 1. The molecule has 3 heteroatoms. The minimum absolute atomic E-state index is 0.205. The third kappa shape index (κ3) is 2.55. The molecule has 0 spiro atoms. The molecule has 2 atom stereocenters. The molecule has 14 heavy (non-hydrogen) atoms. The van der Waals surface area contributed by atoms with Crippen molar-refractivity contribution >= 4 is 11.3 Å². The van der Waals surface area contributed by atoms with Gasteiger partial charge in [-0.25, -0.2) is 4.98 Å². The normalized spacial score (nSPS) is 17.7. The highest BCUT2D eigenvalue weighted by Gasteiger charge is 2.29. The van der Waals surface area contributed by atoms with Gasteiger partial charge in [-0.3, -0.25) is 0 Å². The predicted octanol–water partition coefficient (Wildman–Crippen LogP) is 3.14. The maximum atomic E-state index is 6.39. The van der Waals surface area contributed by atoms with E-state index in [0.717, 1.165) is 17.8 Å². The summed E-state index contributed by atoms with van der Waals surface area (Å²) in [5.74, 6) is 0.670. The summed E-state index contributed by atoms with van der Waals surface area (Å²) in [6.07, 6.45) is 5.02. The average Bonchev–Trinajstić information content (AvgIpc) is 2.70. The molecule has 1 aromatic rings. The number of nitrogens with zero attached hydrogens (tertiary/aromatic N) is 1. The highest BCUT2D eigenvalue weighted by atomic mass is 32.1. The van der Waals surface area contributed by atoms with Gasteiger partial charge in [0.15, 0.2) is 0 Å². The third-order valence-corrected chi connectivity index (χ3v) is 3.89. The molecular formula is C11H20N2S. The lowest BCUT2D eigenvalue weighted by atomic mass is 9.86. The molecule has 0 saturated heterocycles. The first kappa shape index (κ1) is 11.7. The van der Waals surface area contributed by atoms with E-state index in [-0.39, 0.29) is 5.54 Å². The van der Waals surface area contributed by atoms with Gasteiger partial charge in [-0.15, -0.1) is 11.3 Å². The Morgan fingerprint density at radius 1 is 1.57 bits per heavy atom. The largest absolute Gasteiger partial charge is 0.319 e. The maximum Gasteiger partial charge on any atom is 0.112 e. The molecule has 0 radical (unpaired) electrons. The lowest BCUT2D eigenvalue weighted by Crippen LogP contribution is -2.37. The van der Waals surface area contributed by atoms with Gasteiger partial charge in [0.25, 0.3) is 0 Å². The highest BCUT2D eigenvalue weighted by molar-refractivity contribution is 7.09. The molecule has 1 heterocycles. The first-order valence-corrected chi connectivity index (χ1v) is 6.19. The fourth-order valence-electron chi connectivity index (χ4n) is 1.62. The smallest absolute Gasteiger partial charge is 0.112 e. The van der Waals surface area contributed by atoms with Gasteiger partial charge < -0.3 is 5.73 Å². The maximum absolute atomic E-state index is 6.39. The molecule has 2 nitrogen and oxygen atoms in total. The second-order valence-corrected chi connectivity index (χ2v) is 4.96. The number of nitrogens with two attached hydrogens (primary N) is 1. The van der Waals surface area contributed by atoms with Gasteiger partial charge in [0.2, 0.25) is 0 Å². The molecule has 0 aromatic carbocycles. The van der Waals surface area contributed by atoms with Gasteiger partial charge in [0.1, 0.15) is 5.01 Å². The van der Waals surface area contributed by atoms with Crippen LogP contribution in [0.2, 0.25) is 0 Å². The average molecular weight is 212 g/mol. The van der Waals surface area contributed by atoms with E-state index >= 15 is 0 Å². The van der Waals surface area contributed by atoms with Crippen molar-refractivity contribution in [2.45, 2.75) is 45.6 Å². The van der Waals surface area contributed by atoms with Crippen LogP contribution in [0.5, 0.6) is 0 Å². The van der Waals surface area contributed by atoms with E-state index < -0.39 is 0 Å². The van der Waals surface area contributed by atoms with Crippen molar-refractivity contribution in [3.8, 4) is 0 Å². The molecule has 0 amide bonds. The minimum Gasteiger partial charge on any atom is -0.319 e. The zero-order valence-corrected chi connectivity index (χ0v) is 10.1. The van der Waals surface area contributed by atoms with Crippen molar-refractivity contribution < 1.29 is 0 Å². The molecular weight excluding hydrogens is 192 g/mol. The first-order chi connectivity index (χ1) is 6.62. The summed E-state index contributed by atoms with van der Waals surface area (Å²) in [5.41, 5.74) is 6.18. The fourth-order valence-corrected chi connectivity index (χ4v) is 2.45. The van der Waals surface area contributed by atoms with Gasteiger partial charge in [-0.2, -0.15) is 0 Å². The topological polar surface area (TPSA) is 38.9 Å². The molecule has 0 saturated carbocycles. The Balaban J connectivity index is 2.76. The minimum atomic E-state index is -0.205. The van der Waals surface area contributed by atoms with Crippen LogP contribution in [0.1, 0.15) is 45.0 Å². The molecule has 0 aliphatic rings. The van der Waals surface area contributed by atoms with E-state index in [1.807, 2.05) is 11.6 Å². The van der Waals surface area contributed by atoms with Gasteiger partial charge in [0, 0.05) is 11.6 Å². The summed E-state index contributed by atoms with van der Waals surface area (Å²) in [5, 5.41) is 3.09. The van der Waals surface area contributed by atoms with Crippen LogP contribution < -0.4 is 5.73 Å². The summed E-state index contributed by atoms with van der Waals surface area (Å²) < 4.78 is 0. The van der Waals surface area contributed by atoms with Crippen molar-refractivity contribution in [1.82, 2.24) is 4.98 Å². The first-order valence-electron chi connectivity index (χ1n) is 5.31. The van der Waals surface area contributed by atoms with Gasteiger partial charge in [0.05, 0.1) is 5.54 Å². The van der Waals surface area contributed by atoms with Gasteiger partial charge in [-0.05, 0) is 18.8 Å². The number of hydrogen-bond acceptors (Lipinski definition) is 3. The van der Waals surface area contributed by atoms with E-state index in [1.165, 1.54) is 6.42 Å². The second-order valence-electron chi connectivity index (χ2n) is 4.06. The van der Waals surface area contributed by atoms with Crippen LogP contribution in [0.25, 0.3) is 0 Å². The van der Waals surface area contributed by atoms with Crippen LogP contribution in [-0.2, 0) is 5.54 Å². The van der Waals surface area contributed by atoms with Crippen LogP contribution in [0, 0.1) is 5.92 Å². The van der Waals surface area contributed by atoms with Crippen LogP contribution in [0.4, 0.5) is 0 Å². The van der Waals surface area contributed by atoms with Crippen molar-refractivity contribution in [2.75, 3.05) is 0 Å². The molecule has 2 unspecified atom stereocenters. The molecule has 0 bridgehead atoms. The monoisotopic (exact) mass is 212 g/mol. The predicted molar refractivity (Wildman–Crippen MR) is 62.3 cm³/mol.